The second-order valence-electron chi connectivity index (χ2n) is 7.66. The highest BCUT2D eigenvalue weighted by atomic mass is 16.2. The van der Waals surface area contributed by atoms with Crippen LogP contribution >= 0.6 is 0 Å². The fourth-order valence-corrected chi connectivity index (χ4v) is 3.68. The molecule has 1 aliphatic rings. The summed E-state index contributed by atoms with van der Waals surface area (Å²) in [5.74, 6) is 0.101. The lowest BCUT2D eigenvalue weighted by Gasteiger charge is -2.28. The van der Waals surface area contributed by atoms with E-state index in [9.17, 15) is 9.59 Å². The summed E-state index contributed by atoms with van der Waals surface area (Å²) in [6, 6.07) is 10.8. The molecule has 1 saturated heterocycles. The number of carbonyl (C=O) groups excluding carboxylic acids is 1. The number of anilines is 3. The van der Waals surface area contributed by atoms with Crippen LogP contribution in [0.4, 0.5) is 17.3 Å². The van der Waals surface area contributed by atoms with Gasteiger partial charge in [0.25, 0.3) is 11.5 Å². The van der Waals surface area contributed by atoms with Crippen molar-refractivity contribution in [3.8, 4) is 11.3 Å². The number of nitrogens with two attached hydrogens (primary N) is 1. The lowest BCUT2D eigenvalue weighted by atomic mass is 10.1. The molecule has 3 aromatic rings. The third-order valence-corrected chi connectivity index (χ3v) is 5.38. The van der Waals surface area contributed by atoms with E-state index in [2.05, 4.69) is 30.5 Å². The molecule has 4 rings (SSSR count). The number of hydrogen-bond acceptors (Lipinski definition) is 7. The average Bonchev–Trinajstić information content (AvgIpc) is 2.85. The third-order valence-electron chi connectivity index (χ3n) is 5.38. The van der Waals surface area contributed by atoms with E-state index in [0.717, 1.165) is 18.8 Å². The molecule has 9 nitrogen and oxygen atoms in total. The summed E-state index contributed by atoms with van der Waals surface area (Å²) in [4.78, 5) is 38.6. The van der Waals surface area contributed by atoms with Gasteiger partial charge in [0.2, 0.25) is 5.95 Å². The summed E-state index contributed by atoms with van der Waals surface area (Å²) in [6.45, 7) is 3.09. The Labute approximate surface area is 186 Å². The largest absolute Gasteiger partial charge is 0.372 e. The maximum atomic E-state index is 12.7. The molecule has 5 N–H and O–H groups in total. The van der Waals surface area contributed by atoms with Crippen molar-refractivity contribution in [1.82, 2.24) is 15.0 Å². The predicted octanol–water partition coefficient (Wildman–Crippen LogP) is 2.45. The number of amides is 1. The van der Waals surface area contributed by atoms with Crippen molar-refractivity contribution in [1.29, 1.82) is 0 Å². The van der Waals surface area contributed by atoms with E-state index in [4.69, 9.17) is 5.73 Å². The van der Waals surface area contributed by atoms with Crippen LogP contribution in [0, 0.1) is 0 Å². The Morgan fingerprint density at radius 1 is 1.12 bits per heavy atom. The minimum Gasteiger partial charge on any atom is -0.372 e. The van der Waals surface area contributed by atoms with Crippen molar-refractivity contribution in [2.75, 3.05) is 41.7 Å². The van der Waals surface area contributed by atoms with Crippen LogP contribution in [0.3, 0.4) is 0 Å². The zero-order chi connectivity index (χ0) is 22.3. The number of piperidine rings is 1. The quantitative estimate of drug-likeness (QED) is 0.450. The van der Waals surface area contributed by atoms with Gasteiger partial charge in [-0.2, -0.15) is 0 Å². The van der Waals surface area contributed by atoms with E-state index in [-0.39, 0.29) is 17.2 Å². The van der Waals surface area contributed by atoms with E-state index in [1.54, 1.807) is 36.7 Å². The van der Waals surface area contributed by atoms with E-state index in [1.807, 2.05) is 12.1 Å². The Hall–Kier alpha value is -3.72. The number of nitrogens with one attached hydrogen (secondary N) is 3. The molecule has 0 aliphatic carbocycles. The molecule has 0 spiro atoms. The number of aromatic amines is 1. The van der Waals surface area contributed by atoms with E-state index >= 15 is 0 Å². The van der Waals surface area contributed by atoms with E-state index < -0.39 is 0 Å². The van der Waals surface area contributed by atoms with Gasteiger partial charge in [-0.05, 0) is 55.7 Å². The molecule has 0 unspecified atom stereocenters. The van der Waals surface area contributed by atoms with Gasteiger partial charge in [-0.25, -0.2) is 9.97 Å². The van der Waals surface area contributed by atoms with Crippen LogP contribution in [0.2, 0.25) is 0 Å². The van der Waals surface area contributed by atoms with Gasteiger partial charge in [0, 0.05) is 55.4 Å². The highest BCUT2D eigenvalue weighted by molar-refractivity contribution is 6.04. The monoisotopic (exact) mass is 433 g/mol. The first-order valence-electron chi connectivity index (χ1n) is 10.8. The van der Waals surface area contributed by atoms with Gasteiger partial charge in [-0.1, -0.05) is 0 Å². The topological polar surface area (TPSA) is 129 Å². The molecule has 1 aliphatic heterocycles. The van der Waals surface area contributed by atoms with Crippen LogP contribution in [0.1, 0.15) is 29.6 Å². The van der Waals surface area contributed by atoms with Gasteiger partial charge >= 0.3 is 0 Å². The SMILES string of the molecule is NCCNc1nccc(-c2c[nH]c(=O)c(NC(=O)c3ccc(N4CCCCC4)cc3)c2)n1. The van der Waals surface area contributed by atoms with Crippen LogP contribution in [-0.2, 0) is 0 Å². The number of hydrogen-bond donors (Lipinski definition) is 4. The first kappa shape index (κ1) is 21.5. The minimum absolute atomic E-state index is 0.155. The van der Waals surface area contributed by atoms with Gasteiger partial charge < -0.3 is 26.3 Å². The number of benzene rings is 1. The molecule has 32 heavy (non-hydrogen) atoms. The van der Waals surface area contributed by atoms with Crippen LogP contribution in [0.15, 0.2) is 53.6 Å². The molecular formula is C23H27N7O2. The third kappa shape index (κ3) is 5.12. The number of H-pyrrole nitrogens is 1. The van der Waals surface area contributed by atoms with E-state index in [1.165, 1.54) is 19.3 Å². The number of rotatable bonds is 7. The number of nitrogens with zero attached hydrogens (tertiary/aromatic N) is 3. The van der Waals surface area contributed by atoms with Crippen LogP contribution in [0.25, 0.3) is 11.3 Å². The van der Waals surface area contributed by atoms with Gasteiger partial charge in [0.1, 0.15) is 5.69 Å². The zero-order valence-electron chi connectivity index (χ0n) is 17.8. The molecule has 3 heterocycles. The smallest absolute Gasteiger partial charge is 0.271 e. The van der Waals surface area contributed by atoms with Crippen molar-refractivity contribution >= 4 is 23.2 Å². The van der Waals surface area contributed by atoms with Crippen LogP contribution < -0.4 is 26.8 Å². The fraction of sp³-hybridized carbons (Fsp3) is 0.304. The highest BCUT2D eigenvalue weighted by Gasteiger charge is 2.14. The van der Waals surface area contributed by atoms with Crippen LogP contribution in [-0.4, -0.2) is 47.0 Å². The summed E-state index contributed by atoms with van der Waals surface area (Å²) in [5.41, 5.74) is 8.14. The predicted molar refractivity (Wildman–Crippen MR) is 126 cm³/mol. The van der Waals surface area contributed by atoms with Gasteiger partial charge in [0.05, 0.1) is 5.69 Å². The van der Waals surface area contributed by atoms with Crippen molar-refractivity contribution in [3.05, 3.63) is 64.7 Å². The lowest BCUT2D eigenvalue weighted by Crippen LogP contribution is -2.29. The van der Waals surface area contributed by atoms with Crippen molar-refractivity contribution in [2.45, 2.75) is 19.3 Å². The molecular weight excluding hydrogens is 406 g/mol. The molecule has 0 saturated carbocycles. The van der Waals surface area contributed by atoms with Crippen molar-refractivity contribution in [2.24, 2.45) is 5.73 Å². The fourth-order valence-electron chi connectivity index (χ4n) is 3.68. The summed E-state index contributed by atoms with van der Waals surface area (Å²) in [5, 5.41) is 5.73. The minimum atomic E-state index is -0.387. The normalized spacial score (nSPS) is 13.6. The first-order valence-corrected chi connectivity index (χ1v) is 10.8. The van der Waals surface area contributed by atoms with Crippen molar-refractivity contribution in [3.63, 3.8) is 0 Å². The summed E-state index contributed by atoms with van der Waals surface area (Å²) in [6.07, 6.45) is 6.83. The standard InChI is InChI=1S/C23H27N7O2/c24-9-11-26-23-25-10-8-19(29-23)17-14-20(22(32)27-15-17)28-21(31)16-4-6-18(7-5-16)30-12-2-1-3-13-30/h4-8,10,14-15H,1-3,9,11-13,24H2,(H,27,32)(H,28,31)(H,25,26,29). The molecule has 1 amide bonds. The maximum absolute atomic E-state index is 12.7. The molecule has 1 aromatic carbocycles. The second kappa shape index (κ2) is 10.1. The Morgan fingerprint density at radius 3 is 2.66 bits per heavy atom. The molecule has 9 heteroatoms. The molecule has 2 aromatic heterocycles. The summed E-state index contributed by atoms with van der Waals surface area (Å²) >= 11 is 0. The maximum Gasteiger partial charge on any atom is 0.271 e. The van der Waals surface area contributed by atoms with Crippen LogP contribution in [0.5, 0.6) is 0 Å². The Kier molecular flexibility index (Phi) is 6.76. The molecule has 0 radical (unpaired) electrons. The van der Waals surface area contributed by atoms with Crippen molar-refractivity contribution < 1.29 is 4.79 Å². The number of pyridine rings is 1. The Morgan fingerprint density at radius 2 is 1.91 bits per heavy atom. The van der Waals surface area contributed by atoms with Gasteiger partial charge in [0.15, 0.2) is 0 Å². The number of carbonyl (C=O) groups is 1. The summed E-state index contributed by atoms with van der Waals surface area (Å²) < 4.78 is 0. The highest BCUT2D eigenvalue weighted by Crippen LogP contribution is 2.21. The molecule has 0 bridgehead atoms. The average molecular weight is 434 g/mol. The lowest BCUT2D eigenvalue weighted by molar-refractivity contribution is 0.102. The zero-order valence-corrected chi connectivity index (χ0v) is 17.8. The second-order valence-corrected chi connectivity index (χ2v) is 7.66. The summed E-state index contributed by atoms with van der Waals surface area (Å²) in [7, 11) is 0. The molecule has 0 atom stereocenters. The first-order chi connectivity index (χ1) is 15.6. The molecule has 166 valence electrons. The number of aromatic nitrogens is 3. The molecule has 1 fully saturated rings. The van der Waals surface area contributed by atoms with Gasteiger partial charge in [-0.3, -0.25) is 9.59 Å². The van der Waals surface area contributed by atoms with Gasteiger partial charge in [-0.15, -0.1) is 0 Å². The van der Waals surface area contributed by atoms with E-state index in [0.29, 0.717) is 35.9 Å². The Balaban J connectivity index is 1.49. The Bertz CT molecular complexity index is 1120.